The lowest BCUT2D eigenvalue weighted by atomic mass is 10.2. The van der Waals surface area contributed by atoms with Crippen LogP contribution in [0.4, 0.5) is 0 Å². The first-order chi connectivity index (χ1) is 10.5. The fourth-order valence-electron chi connectivity index (χ4n) is 1.86. The fraction of sp³-hybridized carbons (Fsp3) is 0.267. The predicted octanol–water partition coefficient (Wildman–Crippen LogP) is 2.72. The summed E-state index contributed by atoms with van der Waals surface area (Å²) in [5.41, 5.74) is 1.20. The summed E-state index contributed by atoms with van der Waals surface area (Å²) >= 11 is 7.22. The number of aromatic nitrogens is 1. The summed E-state index contributed by atoms with van der Waals surface area (Å²) in [5.74, 6) is -0.573. The first-order valence-corrected chi connectivity index (χ1v) is 8.04. The van der Waals surface area contributed by atoms with Crippen molar-refractivity contribution in [3.05, 3.63) is 40.4 Å². The van der Waals surface area contributed by atoms with Gasteiger partial charge in [0.15, 0.2) is 0 Å². The van der Waals surface area contributed by atoms with Gasteiger partial charge in [0, 0.05) is 23.0 Å². The van der Waals surface area contributed by atoms with E-state index in [1.807, 2.05) is 19.1 Å². The Labute approximate surface area is 137 Å². The zero-order valence-electron chi connectivity index (χ0n) is 12.2. The van der Waals surface area contributed by atoms with E-state index >= 15 is 0 Å². The van der Waals surface area contributed by atoms with Crippen LogP contribution in [0.2, 0.25) is 5.02 Å². The molecule has 2 N–H and O–H groups in total. The van der Waals surface area contributed by atoms with Gasteiger partial charge in [0.05, 0.1) is 0 Å². The molecule has 2 rings (SSSR count). The SMILES string of the molecule is CCC(NC(=O)c1csc(-c2ccc(Cl)cc2)n1)C(=O)NC. The van der Waals surface area contributed by atoms with Gasteiger partial charge < -0.3 is 10.6 Å². The van der Waals surface area contributed by atoms with Crippen LogP contribution >= 0.6 is 22.9 Å². The van der Waals surface area contributed by atoms with Crippen LogP contribution in [0.1, 0.15) is 23.8 Å². The largest absolute Gasteiger partial charge is 0.357 e. The van der Waals surface area contributed by atoms with Crippen molar-refractivity contribution in [2.75, 3.05) is 7.05 Å². The van der Waals surface area contributed by atoms with Crippen molar-refractivity contribution in [1.29, 1.82) is 0 Å². The summed E-state index contributed by atoms with van der Waals surface area (Å²) < 4.78 is 0. The predicted molar refractivity (Wildman–Crippen MR) is 88.2 cm³/mol. The first kappa shape index (κ1) is 16.5. The van der Waals surface area contributed by atoms with E-state index < -0.39 is 6.04 Å². The summed E-state index contributed by atoms with van der Waals surface area (Å²) in [6, 6.07) is 6.69. The van der Waals surface area contributed by atoms with E-state index in [0.29, 0.717) is 17.1 Å². The Morgan fingerprint density at radius 1 is 1.32 bits per heavy atom. The maximum absolute atomic E-state index is 12.2. The van der Waals surface area contributed by atoms with Crippen molar-refractivity contribution in [2.45, 2.75) is 19.4 Å². The number of hydrogen-bond donors (Lipinski definition) is 2. The number of thiazole rings is 1. The van der Waals surface area contributed by atoms with Gasteiger partial charge in [-0.1, -0.05) is 30.7 Å². The van der Waals surface area contributed by atoms with Crippen LogP contribution in [-0.2, 0) is 4.79 Å². The molecule has 0 spiro atoms. The highest BCUT2D eigenvalue weighted by atomic mass is 35.5. The number of hydrogen-bond acceptors (Lipinski definition) is 4. The molecule has 0 aliphatic heterocycles. The second-order valence-electron chi connectivity index (χ2n) is 4.59. The fourth-order valence-corrected chi connectivity index (χ4v) is 2.79. The molecule has 1 unspecified atom stereocenters. The maximum atomic E-state index is 12.2. The molecule has 1 heterocycles. The molecule has 0 bridgehead atoms. The minimum Gasteiger partial charge on any atom is -0.357 e. The first-order valence-electron chi connectivity index (χ1n) is 6.79. The van der Waals surface area contributed by atoms with Crippen molar-refractivity contribution < 1.29 is 9.59 Å². The van der Waals surface area contributed by atoms with E-state index in [1.165, 1.54) is 11.3 Å². The second-order valence-corrected chi connectivity index (χ2v) is 5.89. The normalized spacial score (nSPS) is 11.8. The number of nitrogens with zero attached hydrogens (tertiary/aromatic N) is 1. The number of likely N-dealkylation sites (N-methyl/N-ethyl adjacent to an activating group) is 1. The Kier molecular flexibility index (Phi) is 5.51. The number of nitrogens with one attached hydrogen (secondary N) is 2. The van der Waals surface area contributed by atoms with Crippen LogP contribution in [0.3, 0.4) is 0 Å². The van der Waals surface area contributed by atoms with Gasteiger partial charge >= 0.3 is 0 Å². The van der Waals surface area contributed by atoms with E-state index in [9.17, 15) is 9.59 Å². The molecule has 5 nitrogen and oxygen atoms in total. The summed E-state index contributed by atoms with van der Waals surface area (Å²) in [5, 5.41) is 8.26. The Morgan fingerprint density at radius 3 is 2.59 bits per heavy atom. The van der Waals surface area contributed by atoms with Gasteiger partial charge in [0.1, 0.15) is 16.7 Å². The summed E-state index contributed by atoms with van der Waals surface area (Å²) in [4.78, 5) is 28.1. The minimum absolute atomic E-state index is 0.219. The van der Waals surface area contributed by atoms with Crippen LogP contribution in [-0.4, -0.2) is 29.9 Å². The van der Waals surface area contributed by atoms with Gasteiger partial charge in [0.25, 0.3) is 5.91 Å². The van der Waals surface area contributed by atoms with Gasteiger partial charge in [-0.25, -0.2) is 4.98 Å². The lowest BCUT2D eigenvalue weighted by Gasteiger charge is -2.14. The molecule has 116 valence electrons. The number of benzene rings is 1. The van der Waals surface area contributed by atoms with E-state index in [1.54, 1.807) is 24.6 Å². The molecule has 1 atom stereocenters. The molecule has 0 aliphatic carbocycles. The monoisotopic (exact) mass is 337 g/mol. The van der Waals surface area contributed by atoms with Crippen molar-refractivity contribution >= 4 is 34.8 Å². The number of rotatable bonds is 5. The van der Waals surface area contributed by atoms with Crippen LogP contribution in [0.5, 0.6) is 0 Å². The summed E-state index contributed by atoms with van der Waals surface area (Å²) in [6.07, 6.45) is 0.513. The molecule has 0 radical (unpaired) electrons. The Balaban J connectivity index is 2.12. The van der Waals surface area contributed by atoms with Gasteiger partial charge in [-0.05, 0) is 18.6 Å². The Bertz CT molecular complexity index is 670. The van der Waals surface area contributed by atoms with Gasteiger partial charge in [0.2, 0.25) is 5.91 Å². The Hall–Kier alpha value is -1.92. The molecule has 2 aromatic rings. The average Bonchev–Trinajstić information content (AvgIpc) is 3.02. The summed E-state index contributed by atoms with van der Waals surface area (Å²) in [6.45, 7) is 1.83. The molecule has 0 saturated heterocycles. The molecule has 0 aliphatic rings. The Morgan fingerprint density at radius 2 is 2.00 bits per heavy atom. The molecule has 22 heavy (non-hydrogen) atoms. The molecule has 7 heteroatoms. The third-order valence-corrected chi connectivity index (χ3v) is 4.25. The van der Waals surface area contributed by atoms with Crippen molar-refractivity contribution in [3.63, 3.8) is 0 Å². The van der Waals surface area contributed by atoms with E-state index in [2.05, 4.69) is 15.6 Å². The number of carbonyl (C=O) groups is 2. The highest BCUT2D eigenvalue weighted by Crippen LogP contribution is 2.25. The number of halogens is 1. The lowest BCUT2D eigenvalue weighted by Crippen LogP contribution is -2.45. The topological polar surface area (TPSA) is 71.1 Å². The quantitative estimate of drug-likeness (QED) is 0.881. The van der Waals surface area contributed by atoms with Crippen LogP contribution < -0.4 is 10.6 Å². The smallest absolute Gasteiger partial charge is 0.271 e. The van der Waals surface area contributed by atoms with Crippen molar-refractivity contribution in [2.24, 2.45) is 0 Å². The maximum Gasteiger partial charge on any atom is 0.271 e. The molecule has 1 aromatic heterocycles. The molecular weight excluding hydrogens is 322 g/mol. The number of carbonyl (C=O) groups excluding carboxylic acids is 2. The average molecular weight is 338 g/mol. The van der Waals surface area contributed by atoms with Crippen molar-refractivity contribution in [3.8, 4) is 10.6 Å². The van der Waals surface area contributed by atoms with Crippen LogP contribution in [0.25, 0.3) is 10.6 Å². The van der Waals surface area contributed by atoms with E-state index in [0.717, 1.165) is 10.6 Å². The molecule has 2 amide bonds. The number of amides is 2. The van der Waals surface area contributed by atoms with Crippen molar-refractivity contribution in [1.82, 2.24) is 15.6 Å². The van der Waals surface area contributed by atoms with E-state index in [4.69, 9.17) is 11.6 Å². The lowest BCUT2D eigenvalue weighted by molar-refractivity contribution is -0.122. The molecule has 1 aromatic carbocycles. The zero-order chi connectivity index (χ0) is 16.1. The minimum atomic E-state index is -0.557. The van der Waals surface area contributed by atoms with E-state index in [-0.39, 0.29) is 11.8 Å². The molecule has 0 saturated carbocycles. The third kappa shape index (κ3) is 3.84. The van der Waals surface area contributed by atoms with Gasteiger partial charge in [-0.3, -0.25) is 9.59 Å². The van der Waals surface area contributed by atoms with Gasteiger partial charge in [-0.15, -0.1) is 11.3 Å². The highest BCUT2D eigenvalue weighted by molar-refractivity contribution is 7.13. The van der Waals surface area contributed by atoms with Gasteiger partial charge in [-0.2, -0.15) is 0 Å². The highest BCUT2D eigenvalue weighted by Gasteiger charge is 2.20. The summed E-state index contributed by atoms with van der Waals surface area (Å²) in [7, 11) is 1.54. The third-order valence-electron chi connectivity index (χ3n) is 3.10. The molecule has 0 fully saturated rings. The molecular formula is C15H16ClN3O2S. The second kappa shape index (κ2) is 7.38. The zero-order valence-corrected chi connectivity index (χ0v) is 13.8. The van der Waals surface area contributed by atoms with Crippen LogP contribution in [0.15, 0.2) is 29.6 Å². The standard InChI is InChI=1S/C15H16ClN3O2S/c1-3-11(13(20)17-2)18-14(21)12-8-22-15(19-12)9-4-6-10(16)7-5-9/h4-8,11H,3H2,1-2H3,(H,17,20)(H,18,21). The van der Waals surface area contributed by atoms with Crippen LogP contribution in [0, 0.1) is 0 Å².